The molecule has 0 radical (unpaired) electrons. The summed E-state index contributed by atoms with van der Waals surface area (Å²) in [7, 11) is 0. The molecule has 0 aromatic heterocycles. The minimum Gasteiger partial charge on any atom is -0.465 e. The fourth-order valence-corrected chi connectivity index (χ4v) is 2.19. The standard InChI is InChI=1S/C13H15ClN2O4/c1-2-20-13(17)8-15(10-4-5-10)12-7-9(14)3-6-11(12)16(18)19/h3,6-7,10H,2,4-5,8H2,1H3. The molecule has 6 nitrogen and oxygen atoms in total. The largest absolute Gasteiger partial charge is 0.465 e. The molecule has 1 fully saturated rings. The molecular weight excluding hydrogens is 284 g/mol. The van der Waals surface area contributed by atoms with Crippen LogP contribution in [0, 0.1) is 10.1 Å². The fraction of sp³-hybridized carbons (Fsp3) is 0.462. The van der Waals surface area contributed by atoms with Gasteiger partial charge in [0.1, 0.15) is 12.2 Å². The van der Waals surface area contributed by atoms with Crippen LogP contribution in [0.15, 0.2) is 18.2 Å². The molecule has 0 amide bonds. The molecule has 20 heavy (non-hydrogen) atoms. The molecule has 1 aliphatic rings. The summed E-state index contributed by atoms with van der Waals surface area (Å²) < 4.78 is 4.92. The van der Waals surface area contributed by atoms with Gasteiger partial charge in [-0.1, -0.05) is 11.6 Å². The molecule has 108 valence electrons. The highest BCUT2D eigenvalue weighted by Gasteiger charge is 2.34. The number of benzene rings is 1. The molecular formula is C13H15ClN2O4. The maximum absolute atomic E-state index is 11.7. The van der Waals surface area contributed by atoms with Crippen molar-refractivity contribution in [1.82, 2.24) is 0 Å². The van der Waals surface area contributed by atoms with Crippen molar-refractivity contribution < 1.29 is 14.5 Å². The lowest BCUT2D eigenvalue weighted by Gasteiger charge is -2.23. The van der Waals surface area contributed by atoms with E-state index in [1.54, 1.807) is 11.8 Å². The lowest BCUT2D eigenvalue weighted by molar-refractivity contribution is -0.384. The zero-order valence-electron chi connectivity index (χ0n) is 11.0. The Bertz CT molecular complexity index is 531. The van der Waals surface area contributed by atoms with Crippen LogP contribution in [-0.2, 0) is 9.53 Å². The number of hydrogen-bond acceptors (Lipinski definition) is 5. The monoisotopic (exact) mass is 298 g/mol. The topological polar surface area (TPSA) is 72.7 Å². The number of nitro groups is 1. The van der Waals surface area contributed by atoms with Crippen LogP contribution in [0.2, 0.25) is 5.02 Å². The average molecular weight is 299 g/mol. The van der Waals surface area contributed by atoms with E-state index in [0.717, 1.165) is 12.8 Å². The van der Waals surface area contributed by atoms with Crippen molar-refractivity contribution in [1.29, 1.82) is 0 Å². The maximum atomic E-state index is 11.7. The van der Waals surface area contributed by atoms with Crippen LogP contribution >= 0.6 is 11.6 Å². The summed E-state index contributed by atoms with van der Waals surface area (Å²) >= 11 is 5.92. The van der Waals surface area contributed by atoms with E-state index in [1.165, 1.54) is 18.2 Å². The van der Waals surface area contributed by atoms with E-state index in [-0.39, 0.29) is 24.9 Å². The van der Waals surface area contributed by atoms with Crippen LogP contribution < -0.4 is 4.90 Å². The molecule has 0 atom stereocenters. The molecule has 0 N–H and O–H groups in total. The van der Waals surface area contributed by atoms with Crippen LogP contribution in [-0.4, -0.2) is 30.1 Å². The van der Waals surface area contributed by atoms with E-state index in [0.29, 0.717) is 10.7 Å². The number of nitrogens with zero attached hydrogens (tertiary/aromatic N) is 2. The van der Waals surface area contributed by atoms with Gasteiger partial charge in [-0.3, -0.25) is 14.9 Å². The third-order valence-corrected chi connectivity index (χ3v) is 3.27. The summed E-state index contributed by atoms with van der Waals surface area (Å²) in [6.07, 6.45) is 1.81. The average Bonchev–Trinajstić information content (AvgIpc) is 3.20. The zero-order chi connectivity index (χ0) is 14.7. The van der Waals surface area contributed by atoms with E-state index in [4.69, 9.17) is 16.3 Å². The number of halogens is 1. The molecule has 0 saturated heterocycles. The van der Waals surface area contributed by atoms with Gasteiger partial charge in [-0.25, -0.2) is 0 Å². The molecule has 0 spiro atoms. The summed E-state index contributed by atoms with van der Waals surface area (Å²) in [4.78, 5) is 24.0. The molecule has 1 saturated carbocycles. The highest BCUT2D eigenvalue weighted by molar-refractivity contribution is 6.31. The first kappa shape index (κ1) is 14.6. The Morgan fingerprint density at radius 3 is 2.80 bits per heavy atom. The van der Waals surface area contributed by atoms with Crippen LogP contribution in [0.3, 0.4) is 0 Å². The minimum absolute atomic E-state index is 0.000309. The Hall–Kier alpha value is -1.82. The Balaban J connectivity index is 2.31. The molecule has 7 heteroatoms. The summed E-state index contributed by atoms with van der Waals surface area (Å²) in [5, 5.41) is 11.5. The van der Waals surface area contributed by atoms with Gasteiger partial charge >= 0.3 is 5.97 Å². The van der Waals surface area contributed by atoms with Crippen molar-refractivity contribution in [2.24, 2.45) is 0 Å². The molecule has 0 heterocycles. The number of esters is 1. The van der Waals surface area contributed by atoms with E-state index in [1.807, 2.05) is 0 Å². The molecule has 0 aliphatic heterocycles. The predicted octanol–water partition coefficient (Wildman–Crippen LogP) is 2.78. The molecule has 0 bridgehead atoms. The Kier molecular flexibility index (Phi) is 4.44. The summed E-state index contributed by atoms with van der Waals surface area (Å²) in [6, 6.07) is 4.49. The van der Waals surface area contributed by atoms with Crippen LogP contribution in [0.4, 0.5) is 11.4 Å². The van der Waals surface area contributed by atoms with Crippen molar-refractivity contribution in [3.05, 3.63) is 33.3 Å². The third-order valence-electron chi connectivity index (χ3n) is 3.04. The van der Waals surface area contributed by atoms with Crippen molar-refractivity contribution in [2.75, 3.05) is 18.1 Å². The van der Waals surface area contributed by atoms with Gasteiger partial charge in [0.15, 0.2) is 0 Å². The van der Waals surface area contributed by atoms with E-state index < -0.39 is 10.9 Å². The highest BCUT2D eigenvalue weighted by atomic mass is 35.5. The smallest absolute Gasteiger partial charge is 0.325 e. The molecule has 2 rings (SSSR count). The van der Waals surface area contributed by atoms with E-state index >= 15 is 0 Å². The first-order chi connectivity index (χ1) is 9.52. The number of carbonyl (C=O) groups is 1. The minimum atomic E-state index is -0.466. The quantitative estimate of drug-likeness (QED) is 0.459. The normalized spacial score (nSPS) is 13.9. The predicted molar refractivity (Wildman–Crippen MR) is 75.1 cm³/mol. The van der Waals surface area contributed by atoms with Crippen molar-refractivity contribution in [3.8, 4) is 0 Å². The number of carbonyl (C=O) groups excluding carboxylic acids is 1. The SMILES string of the molecule is CCOC(=O)CN(c1cc(Cl)ccc1[N+](=O)[O-])C1CC1. The summed E-state index contributed by atoms with van der Waals surface area (Å²) in [5.74, 6) is -0.395. The summed E-state index contributed by atoms with van der Waals surface area (Å²) in [5.41, 5.74) is 0.323. The third kappa shape index (κ3) is 3.39. The van der Waals surface area contributed by atoms with Gasteiger partial charge in [0, 0.05) is 17.1 Å². The molecule has 1 aromatic rings. The van der Waals surface area contributed by atoms with Gasteiger partial charge in [0.05, 0.1) is 11.5 Å². The maximum Gasteiger partial charge on any atom is 0.325 e. The first-order valence-corrected chi connectivity index (χ1v) is 6.77. The lowest BCUT2D eigenvalue weighted by Crippen LogP contribution is -2.33. The van der Waals surface area contributed by atoms with E-state index in [9.17, 15) is 14.9 Å². The molecule has 1 aliphatic carbocycles. The number of hydrogen-bond donors (Lipinski definition) is 0. The molecule has 0 unspecified atom stereocenters. The van der Waals surface area contributed by atoms with Crippen molar-refractivity contribution in [2.45, 2.75) is 25.8 Å². The number of ether oxygens (including phenoxy) is 1. The van der Waals surface area contributed by atoms with E-state index in [2.05, 4.69) is 0 Å². The second-order valence-corrected chi connectivity index (χ2v) is 4.99. The Morgan fingerprint density at radius 2 is 2.25 bits per heavy atom. The van der Waals surface area contributed by atoms with Crippen LogP contribution in [0.25, 0.3) is 0 Å². The van der Waals surface area contributed by atoms with Crippen molar-refractivity contribution in [3.63, 3.8) is 0 Å². The van der Waals surface area contributed by atoms with Gasteiger partial charge in [-0.2, -0.15) is 0 Å². The second-order valence-electron chi connectivity index (χ2n) is 4.55. The fourth-order valence-electron chi connectivity index (χ4n) is 2.02. The number of anilines is 1. The van der Waals surface area contributed by atoms with Gasteiger partial charge in [-0.05, 0) is 31.9 Å². The molecule has 1 aromatic carbocycles. The summed E-state index contributed by atoms with van der Waals surface area (Å²) in [6.45, 7) is 2.01. The number of nitro benzene ring substituents is 1. The highest BCUT2D eigenvalue weighted by Crippen LogP contribution is 2.38. The number of rotatable bonds is 6. The Morgan fingerprint density at radius 1 is 1.55 bits per heavy atom. The Labute approximate surface area is 121 Å². The lowest BCUT2D eigenvalue weighted by atomic mass is 10.2. The van der Waals surface area contributed by atoms with Gasteiger partial charge in [0.2, 0.25) is 0 Å². The zero-order valence-corrected chi connectivity index (χ0v) is 11.8. The van der Waals surface area contributed by atoms with Crippen LogP contribution in [0.1, 0.15) is 19.8 Å². The second kappa shape index (κ2) is 6.09. The first-order valence-electron chi connectivity index (χ1n) is 6.39. The van der Waals surface area contributed by atoms with Crippen molar-refractivity contribution >= 4 is 28.9 Å². The van der Waals surface area contributed by atoms with Gasteiger partial charge in [0.25, 0.3) is 5.69 Å². The van der Waals surface area contributed by atoms with Gasteiger partial charge < -0.3 is 9.64 Å². The van der Waals surface area contributed by atoms with Gasteiger partial charge in [-0.15, -0.1) is 0 Å². The van der Waals surface area contributed by atoms with Crippen LogP contribution in [0.5, 0.6) is 0 Å².